The van der Waals surface area contributed by atoms with Crippen molar-refractivity contribution in [1.82, 2.24) is 9.78 Å². The highest BCUT2D eigenvalue weighted by Crippen LogP contribution is 2.35. The van der Waals surface area contributed by atoms with Crippen LogP contribution < -0.4 is 4.57 Å². The molecule has 2 aliphatic rings. The normalized spacial score (nSPS) is 19.4. The molecule has 5 rings (SSSR count). The number of halogens is 4. The third kappa shape index (κ3) is 3.98. The van der Waals surface area contributed by atoms with E-state index in [1.807, 2.05) is 4.68 Å². The van der Waals surface area contributed by atoms with Crippen LogP contribution >= 0.6 is 0 Å². The Balaban J connectivity index is 0.000000393. The van der Waals surface area contributed by atoms with Gasteiger partial charge in [0.2, 0.25) is 6.33 Å². The van der Waals surface area contributed by atoms with Crippen molar-refractivity contribution in [2.45, 2.75) is 45.9 Å². The maximum Gasteiger partial charge on any atom is 0.673 e. The van der Waals surface area contributed by atoms with Crippen molar-refractivity contribution >= 4 is 7.25 Å². The van der Waals surface area contributed by atoms with E-state index in [-0.39, 0.29) is 12.1 Å². The quantitative estimate of drug-likeness (QED) is 0.332. The minimum atomic E-state index is -6.00. The Labute approximate surface area is 172 Å². The average Bonchev–Trinajstić information content (AvgIpc) is 3.19. The van der Waals surface area contributed by atoms with E-state index in [9.17, 15) is 17.3 Å². The zero-order valence-corrected chi connectivity index (χ0v) is 16.9. The lowest BCUT2D eigenvalue weighted by atomic mass is 10.1. The van der Waals surface area contributed by atoms with Crippen molar-refractivity contribution in [3.05, 3.63) is 76.4 Å². The zero-order chi connectivity index (χ0) is 21.6. The van der Waals surface area contributed by atoms with E-state index in [2.05, 4.69) is 68.1 Å². The van der Waals surface area contributed by atoms with Crippen LogP contribution in [0.4, 0.5) is 17.3 Å². The second kappa shape index (κ2) is 7.54. The lowest BCUT2D eigenvalue weighted by molar-refractivity contribution is -0.739. The van der Waals surface area contributed by atoms with Crippen molar-refractivity contribution in [1.29, 1.82) is 0 Å². The number of fused-ring (bicyclic) bond motifs is 5. The molecular formula is C21H22BF4N3O. The minimum Gasteiger partial charge on any atom is -0.418 e. The van der Waals surface area contributed by atoms with Crippen LogP contribution in [-0.4, -0.2) is 23.1 Å². The van der Waals surface area contributed by atoms with Gasteiger partial charge in [-0.25, -0.2) is 4.57 Å². The first-order valence-corrected chi connectivity index (χ1v) is 9.76. The Bertz CT molecular complexity index is 1070. The fourth-order valence-electron chi connectivity index (χ4n) is 4.56. The Kier molecular flexibility index (Phi) is 5.17. The number of aromatic nitrogens is 3. The summed E-state index contributed by atoms with van der Waals surface area (Å²) in [5, 5.41) is 4.86. The summed E-state index contributed by atoms with van der Waals surface area (Å²) in [5.74, 6) is 0.998. The van der Waals surface area contributed by atoms with Gasteiger partial charge in [0.1, 0.15) is 24.4 Å². The molecule has 30 heavy (non-hydrogen) atoms. The number of benzene rings is 2. The maximum atomic E-state index is 9.75. The molecule has 9 heteroatoms. The minimum absolute atomic E-state index is 0.216. The Morgan fingerprint density at radius 1 is 1.07 bits per heavy atom. The van der Waals surface area contributed by atoms with Crippen LogP contribution in [0.5, 0.6) is 0 Å². The topological polar surface area (TPSA) is 30.9 Å². The summed E-state index contributed by atoms with van der Waals surface area (Å²) in [4.78, 5) is 0. The first-order valence-electron chi connectivity index (χ1n) is 9.76. The van der Waals surface area contributed by atoms with E-state index in [0.29, 0.717) is 6.61 Å². The van der Waals surface area contributed by atoms with E-state index in [0.717, 1.165) is 12.2 Å². The van der Waals surface area contributed by atoms with Crippen LogP contribution in [0.1, 0.15) is 39.7 Å². The van der Waals surface area contributed by atoms with Gasteiger partial charge in [-0.3, -0.25) is 0 Å². The highest BCUT2D eigenvalue weighted by atomic mass is 19.5. The molecule has 0 saturated heterocycles. The summed E-state index contributed by atoms with van der Waals surface area (Å²) in [5.41, 5.74) is 7.74. The Morgan fingerprint density at radius 3 is 2.37 bits per heavy atom. The molecule has 2 heterocycles. The van der Waals surface area contributed by atoms with Crippen LogP contribution in [0.2, 0.25) is 0 Å². The summed E-state index contributed by atoms with van der Waals surface area (Å²) in [6.45, 7) is 7.03. The molecule has 0 radical (unpaired) electrons. The van der Waals surface area contributed by atoms with Crippen molar-refractivity contribution < 1.29 is 26.6 Å². The molecule has 1 aliphatic heterocycles. The van der Waals surface area contributed by atoms with Gasteiger partial charge >= 0.3 is 13.1 Å². The smallest absolute Gasteiger partial charge is 0.418 e. The number of hydrogen-bond donors (Lipinski definition) is 0. The van der Waals surface area contributed by atoms with Crippen molar-refractivity contribution in [2.24, 2.45) is 0 Å². The standard InChI is InChI=1S/C21H22N3O.BF4/c1-13-8-14(2)20(15(3)9-13)24-12-23-19(22-24)11-25-18-10-16-6-4-5-7-17(16)21(18)23;2-1(3,4)5/h4-9,12,18,21H,10-11H2,1-3H3;/q+1;-1/t18-,21+;/m1./s1. The van der Waals surface area contributed by atoms with E-state index < -0.39 is 7.25 Å². The second-order valence-electron chi connectivity index (χ2n) is 7.82. The molecule has 0 fully saturated rings. The molecule has 1 aromatic heterocycles. The van der Waals surface area contributed by atoms with Gasteiger partial charge in [-0.1, -0.05) is 46.6 Å². The fraction of sp³-hybridized carbons (Fsp3) is 0.333. The molecule has 158 valence electrons. The summed E-state index contributed by atoms with van der Waals surface area (Å²) in [6.07, 6.45) is 3.36. The highest BCUT2D eigenvalue weighted by molar-refractivity contribution is 6.50. The first kappa shape index (κ1) is 20.6. The SMILES string of the molecule is Cc1cc(C)c(-n2c[n+]3c(n2)CO[C@@H]2Cc4ccccc4[C@@H]23)c(C)c1.F[B-](F)(F)F. The zero-order valence-electron chi connectivity index (χ0n) is 16.9. The van der Waals surface area contributed by atoms with Gasteiger partial charge < -0.3 is 22.0 Å². The predicted molar refractivity (Wildman–Crippen MR) is 105 cm³/mol. The largest absolute Gasteiger partial charge is 0.673 e. The van der Waals surface area contributed by atoms with Gasteiger partial charge in [-0.15, -0.1) is 0 Å². The molecule has 4 nitrogen and oxygen atoms in total. The van der Waals surface area contributed by atoms with Gasteiger partial charge in [-0.2, -0.15) is 0 Å². The van der Waals surface area contributed by atoms with Crippen LogP contribution in [0.3, 0.4) is 0 Å². The molecule has 0 spiro atoms. The molecule has 0 amide bonds. The monoisotopic (exact) mass is 419 g/mol. The number of ether oxygens (including phenoxy) is 1. The van der Waals surface area contributed by atoms with Gasteiger partial charge in [0.15, 0.2) is 0 Å². The van der Waals surface area contributed by atoms with E-state index in [4.69, 9.17) is 9.84 Å². The fourth-order valence-corrected chi connectivity index (χ4v) is 4.56. The lowest BCUT2D eigenvalue weighted by Crippen LogP contribution is -2.51. The van der Waals surface area contributed by atoms with Gasteiger partial charge in [0.05, 0.1) is 0 Å². The first-order chi connectivity index (χ1) is 14.1. The van der Waals surface area contributed by atoms with Gasteiger partial charge in [-0.05, 0) is 43.0 Å². The molecular weight excluding hydrogens is 397 g/mol. The molecule has 1 aliphatic carbocycles. The second-order valence-corrected chi connectivity index (χ2v) is 7.82. The number of rotatable bonds is 1. The van der Waals surface area contributed by atoms with E-state index in [1.165, 1.54) is 33.5 Å². The van der Waals surface area contributed by atoms with Crippen LogP contribution in [0.15, 0.2) is 42.7 Å². The molecule has 0 unspecified atom stereocenters. The van der Waals surface area contributed by atoms with Crippen LogP contribution in [0.25, 0.3) is 5.69 Å². The summed E-state index contributed by atoms with van der Waals surface area (Å²) in [6, 6.07) is 13.4. The van der Waals surface area contributed by atoms with Crippen molar-refractivity contribution in [3.63, 3.8) is 0 Å². The average molecular weight is 419 g/mol. The Morgan fingerprint density at radius 2 is 1.70 bits per heavy atom. The van der Waals surface area contributed by atoms with Gasteiger partial charge in [0.25, 0.3) is 0 Å². The maximum absolute atomic E-state index is 9.75. The van der Waals surface area contributed by atoms with E-state index in [1.54, 1.807) is 0 Å². The molecule has 0 bridgehead atoms. The van der Waals surface area contributed by atoms with Gasteiger partial charge in [0, 0.05) is 11.5 Å². The van der Waals surface area contributed by atoms with Crippen molar-refractivity contribution in [2.75, 3.05) is 0 Å². The number of hydrogen-bond acceptors (Lipinski definition) is 2. The van der Waals surface area contributed by atoms with Crippen LogP contribution in [-0.2, 0) is 17.8 Å². The third-order valence-electron chi connectivity index (χ3n) is 5.49. The lowest BCUT2D eigenvalue weighted by Gasteiger charge is -2.23. The van der Waals surface area contributed by atoms with Crippen LogP contribution in [0, 0.1) is 20.8 Å². The molecule has 2 aromatic carbocycles. The van der Waals surface area contributed by atoms with Crippen molar-refractivity contribution in [3.8, 4) is 5.69 Å². The predicted octanol–water partition coefficient (Wildman–Crippen LogP) is 4.43. The number of nitrogens with zero attached hydrogens (tertiary/aromatic N) is 3. The third-order valence-corrected chi connectivity index (χ3v) is 5.49. The number of aryl methyl sites for hydroxylation is 3. The molecule has 2 atom stereocenters. The highest BCUT2D eigenvalue weighted by Gasteiger charge is 2.43. The molecule has 0 saturated carbocycles. The van der Waals surface area contributed by atoms with E-state index >= 15 is 0 Å². The summed E-state index contributed by atoms with van der Waals surface area (Å²) < 4.78 is 49.5. The summed E-state index contributed by atoms with van der Waals surface area (Å²) >= 11 is 0. The Hall–Kier alpha value is -2.68. The summed E-state index contributed by atoms with van der Waals surface area (Å²) in [7, 11) is -6.00. The molecule has 0 N–H and O–H groups in total. The molecule has 3 aromatic rings.